The molecule has 0 amide bonds. The standard InChI is InChI=1S/C11H14N6/c1-8-10(15-7-16-11(8)17-12)14-6-9-2-4-13-5-3-9/h2-5,7H,6,12H2,1H3,(H2,14,15,16,17). The van der Waals surface area contributed by atoms with E-state index in [1.807, 2.05) is 19.1 Å². The van der Waals surface area contributed by atoms with Gasteiger partial charge in [-0.3, -0.25) is 4.98 Å². The molecule has 0 aliphatic carbocycles. The number of hydrogen-bond donors (Lipinski definition) is 3. The number of nitrogen functional groups attached to an aromatic ring is 1. The molecule has 88 valence electrons. The van der Waals surface area contributed by atoms with Crippen molar-refractivity contribution in [3.05, 3.63) is 42.0 Å². The summed E-state index contributed by atoms with van der Waals surface area (Å²) in [4.78, 5) is 12.1. The van der Waals surface area contributed by atoms with Gasteiger partial charge in [0.1, 0.15) is 18.0 Å². The van der Waals surface area contributed by atoms with Gasteiger partial charge in [0.25, 0.3) is 0 Å². The molecule has 6 heteroatoms. The molecular weight excluding hydrogens is 216 g/mol. The fourth-order valence-electron chi connectivity index (χ4n) is 1.46. The summed E-state index contributed by atoms with van der Waals surface area (Å²) < 4.78 is 0. The SMILES string of the molecule is Cc1c(NN)ncnc1NCc1ccncc1. The lowest BCUT2D eigenvalue weighted by atomic mass is 10.2. The van der Waals surface area contributed by atoms with Gasteiger partial charge in [0.15, 0.2) is 0 Å². The van der Waals surface area contributed by atoms with Gasteiger partial charge in [-0.15, -0.1) is 0 Å². The molecule has 6 nitrogen and oxygen atoms in total. The highest BCUT2D eigenvalue weighted by Crippen LogP contribution is 2.17. The second kappa shape index (κ2) is 5.22. The van der Waals surface area contributed by atoms with Gasteiger partial charge in [-0.1, -0.05) is 0 Å². The summed E-state index contributed by atoms with van der Waals surface area (Å²) in [6, 6.07) is 3.90. The lowest BCUT2D eigenvalue weighted by molar-refractivity contribution is 1.05. The first-order valence-electron chi connectivity index (χ1n) is 5.22. The average Bonchev–Trinajstić information content (AvgIpc) is 2.39. The lowest BCUT2D eigenvalue weighted by Crippen LogP contribution is -2.12. The number of nitrogens with zero attached hydrogens (tertiary/aromatic N) is 3. The number of rotatable bonds is 4. The third kappa shape index (κ3) is 2.67. The van der Waals surface area contributed by atoms with Crippen molar-refractivity contribution in [2.24, 2.45) is 5.84 Å². The van der Waals surface area contributed by atoms with E-state index in [1.165, 1.54) is 6.33 Å². The van der Waals surface area contributed by atoms with E-state index in [1.54, 1.807) is 12.4 Å². The molecule has 0 spiro atoms. The lowest BCUT2D eigenvalue weighted by Gasteiger charge is -2.10. The number of hydrogen-bond acceptors (Lipinski definition) is 6. The third-order valence-electron chi connectivity index (χ3n) is 2.43. The molecule has 0 aliphatic rings. The number of aromatic nitrogens is 3. The van der Waals surface area contributed by atoms with Crippen molar-refractivity contribution in [3.8, 4) is 0 Å². The Hall–Kier alpha value is -2.21. The van der Waals surface area contributed by atoms with Crippen molar-refractivity contribution in [1.29, 1.82) is 0 Å². The minimum Gasteiger partial charge on any atom is -0.366 e. The van der Waals surface area contributed by atoms with Crippen molar-refractivity contribution in [2.45, 2.75) is 13.5 Å². The topological polar surface area (TPSA) is 88.8 Å². The molecule has 0 bridgehead atoms. The predicted octanol–water partition coefficient (Wildman–Crippen LogP) is 1.08. The molecule has 0 saturated heterocycles. The molecule has 2 heterocycles. The number of anilines is 2. The van der Waals surface area contributed by atoms with Crippen LogP contribution in [0.3, 0.4) is 0 Å². The predicted molar refractivity (Wildman–Crippen MR) is 66.1 cm³/mol. The van der Waals surface area contributed by atoms with Crippen LogP contribution in [0.1, 0.15) is 11.1 Å². The number of nitrogens with two attached hydrogens (primary N) is 1. The Morgan fingerprint density at radius 1 is 1.18 bits per heavy atom. The minimum absolute atomic E-state index is 0.622. The van der Waals surface area contributed by atoms with Crippen LogP contribution in [0.2, 0.25) is 0 Å². The van der Waals surface area contributed by atoms with Gasteiger partial charge in [-0.2, -0.15) is 0 Å². The summed E-state index contributed by atoms with van der Waals surface area (Å²) >= 11 is 0. The molecule has 0 fully saturated rings. The van der Waals surface area contributed by atoms with Crippen LogP contribution < -0.4 is 16.6 Å². The Kier molecular flexibility index (Phi) is 3.46. The van der Waals surface area contributed by atoms with Crippen LogP contribution in [0.25, 0.3) is 0 Å². The van der Waals surface area contributed by atoms with E-state index in [9.17, 15) is 0 Å². The molecule has 0 radical (unpaired) electrons. The molecule has 0 atom stereocenters. The zero-order valence-corrected chi connectivity index (χ0v) is 9.51. The number of hydrazine groups is 1. The Labute approximate surface area is 99.3 Å². The Balaban J connectivity index is 2.09. The van der Waals surface area contributed by atoms with Gasteiger partial charge in [0.05, 0.1) is 0 Å². The first kappa shape index (κ1) is 11.3. The summed E-state index contributed by atoms with van der Waals surface area (Å²) in [5.41, 5.74) is 4.56. The molecule has 0 unspecified atom stereocenters. The normalized spacial score (nSPS) is 10.0. The number of pyridine rings is 1. The average molecular weight is 230 g/mol. The highest BCUT2D eigenvalue weighted by molar-refractivity contribution is 5.55. The molecule has 17 heavy (non-hydrogen) atoms. The van der Waals surface area contributed by atoms with Crippen molar-refractivity contribution >= 4 is 11.6 Å². The van der Waals surface area contributed by atoms with E-state index in [0.717, 1.165) is 16.9 Å². The fourth-order valence-corrected chi connectivity index (χ4v) is 1.46. The maximum absolute atomic E-state index is 5.35. The second-order valence-electron chi connectivity index (χ2n) is 3.55. The van der Waals surface area contributed by atoms with E-state index in [2.05, 4.69) is 25.7 Å². The molecule has 0 saturated carbocycles. The van der Waals surface area contributed by atoms with E-state index in [0.29, 0.717) is 12.4 Å². The monoisotopic (exact) mass is 230 g/mol. The van der Waals surface area contributed by atoms with Crippen LogP contribution in [0.5, 0.6) is 0 Å². The molecular formula is C11H14N6. The summed E-state index contributed by atoms with van der Waals surface area (Å²) in [5.74, 6) is 6.74. The van der Waals surface area contributed by atoms with Gasteiger partial charge in [0, 0.05) is 24.5 Å². The van der Waals surface area contributed by atoms with E-state index in [4.69, 9.17) is 5.84 Å². The van der Waals surface area contributed by atoms with Crippen LogP contribution in [-0.2, 0) is 6.54 Å². The van der Waals surface area contributed by atoms with Crippen molar-refractivity contribution in [1.82, 2.24) is 15.0 Å². The van der Waals surface area contributed by atoms with Gasteiger partial charge < -0.3 is 10.7 Å². The van der Waals surface area contributed by atoms with Crippen LogP contribution in [0.4, 0.5) is 11.6 Å². The van der Waals surface area contributed by atoms with Crippen molar-refractivity contribution in [3.63, 3.8) is 0 Å². The van der Waals surface area contributed by atoms with Gasteiger partial charge in [-0.05, 0) is 24.6 Å². The minimum atomic E-state index is 0.622. The summed E-state index contributed by atoms with van der Waals surface area (Å²) in [6.07, 6.45) is 4.99. The van der Waals surface area contributed by atoms with Crippen LogP contribution in [-0.4, -0.2) is 15.0 Å². The van der Waals surface area contributed by atoms with Gasteiger partial charge >= 0.3 is 0 Å². The molecule has 4 N–H and O–H groups in total. The van der Waals surface area contributed by atoms with Crippen molar-refractivity contribution in [2.75, 3.05) is 10.7 Å². The maximum atomic E-state index is 5.35. The molecule has 2 rings (SSSR count). The smallest absolute Gasteiger partial charge is 0.148 e. The summed E-state index contributed by atoms with van der Waals surface area (Å²) in [5, 5.41) is 3.23. The molecule has 2 aromatic heterocycles. The zero-order valence-electron chi connectivity index (χ0n) is 9.51. The third-order valence-corrected chi connectivity index (χ3v) is 2.43. The quantitative estimate of drug-likeness (QED) is 0.538. The van der Waals surface area contributed by atoms with E-state index < -0.39 is 0 Å². The largest absolute Gasteiger partial charge is 0.366 e. The van der Waals surface area contributed by atoms with E-state index in [-0.39, 0.29) is 0 Å². The van der Waals surface area contributed by atoms with Crippen molar-refractivity contribution < 1.29 is 0 Å². The molecule has 0 aliphatic heterocycles. The Bertz CT molecular complexity index is 485. The van der Waals surface area contributed by atoms with Crippen LogP contribution in [0.15, 0.2) is 30.9 Å². The Morgan fingerprint density at radius 3 is 2.59 bits per heavy atom. The first-order valence-corrected chi connectivity index (χ1v) is 5.22. The highest BCUT2D eigenvalue weighted by Gasteiger charge is 2.04. The fraction of sp³-hybridized carbons (Fsp3) is 0.182. The van der Waals surface area contributed by atoms with E-state index >= 15 is 0 Å². The van der Waals surface area contributed by atoms with Gasteiger partial charge in [0.2, 0.25) is 0 Å². The zero-order chi connectivity index (χ0) is 12.1. The summed E-state index contributed by atoms with van der Waals surface area (Å²) in [7, 11) is 0. The maximum Gasteiger partial charge on any atom is 0.148 e. The van der Waals surface area contributed by atoms with Crippen LogP contribution in [0, 0.1) is 6.92 Å². The molecule has 0 aromatic carbocycles. The first-order chi connectivity index (χ1) is 8.31. The summed E-state index contributed by atoms with van der Waals surface area (Å²) in [6.45, 7) is 2.59. The van der Waals surface area contributed by atoms with Crippen LogP contribution >= 0.6 is 0 Å². The number of nitrogens with one attached hydrogen (secondary N) is 2. The Morgan fingerprint density at radius 2 is 1.88 bits per heavy atom. The van der Waals surface area contributed by atoms with Gasteiger partial charge in [-0.25, -0.2) is 15.8 Å². The molecule has 2 aromatic rings. The highest BCUT2D eigenvalue weighted by atomic mass is 15.3. The second-order valence-corrected chi connectivity index (χ2v) is 3.55.